The van der Waals surface area contributed by atoms with E-state index in [1.165, 1.54) is 11.1 Å². The molecule has 0 spiro atoms. The normalized spacial score (nSPS) is 10.1. The van der Waals surface area contributed by atoms with E-state index in [1.54, 1.807) is 0 Å². The van der Waals surface area contributed by atoms with Gasteiger partial charge in [-0.25, -0.2) is 0 Å². The highest BCUT2D eigenvalue weighted by molar-refractivity contribution is 6.04. The second kappa shape index (κ2) is 10.7. The Kier molecular flexibility index (Phi) is 9.45. The Morgan fingerprint density at radius 3 is 2.40 bits per heavy atom. The lowest BCUT2D eigenvalue weighted by Gasteiger charge is -2.16. The molecule has 0 aromatic rings. The molecular formula is C13H18N2O5. The van der Waals surface area contributed by atoms with Crippen LogP contribution in [0.2, 0.25) is 0 Å². The van der Waals surface area contributed by atoms with Crippen molar-refractivity contribution in [3.63, 3.8) is 0 Å². The molecule has 0 unspecified atom stereocenters. The summed E-state index contributed by atoms with van der Waals surface area (Å²) >= 11 is 0. The molecule has 0 aliphatic carbocycles. The smallest absolute Gasteiger partial charge is 0.252 e. The van der Waals surface area contributed by atoms with E-state index in [0.29, 0.717) is 0 Å². The van der Waals surface area contributed by atoms with Gasteiger partial charge in [0.1, 0.15) is 0 Å². The number of ether oxygens (including phenoxy) is 1. The molecule has 0 rings (SSSR count). The van der Waals surface area contributed by atoms with Crippen LogP contribution in [-0.2, 0) is 19.1 Å². The summed E-state index contributed by atoms with van der Waals surface area (Å²) in [5.74, 6) is -1.72. The second-order valence-electron chi connectivity index (χ2n) is 3.45. The molecule has 0 saturated carbocycles. The Bertz CT molecular complexity index is 404. The lowest BCUT2D eigenvalue weighted by molar-refractivity contribution is -0.125. The van der Waals surface area contributed by atoms with E-state index in [4.69, 9.17) is 9.84 Å². The molecule has 0 aliphatic heterocycles. The first kappa shape index (κ1) is 17.8. The number of hydrogen-bond acceptors (Lipinski definition) is 5. The van der Waals surface area contributed by atoms with Gasteiger partial charge in [0.2, 0.25) is 11.8 Å². The van der Waals surface area contributed by atoms with Crippen molar-refractivity contribution in [2.24, 2.45) is 0 Å². The van der Waals surface area contributed by atoms with E-state index in [-0.39, 0.29) is 26.4 Å². The van der Waals surface area contributed by atoms with E-state index in [1.807, 2.05) is 5.32 Å². The molecule has 0 bridgehead atoms. The molecule has 0 heterocycles. The van der Waals surface area contributed by atoms with Crippen LogP contribution >= 0.6 is 0 Å². The minimum absolute atomic E-state index is 0.114. The molecule has 110 valence electrons. The van der Waals surface area contributed by atoms with Crippen molar-refractivity contribution in [1.29, 1.82) is 0 Å². The fourth-order valence-corrected chi connectivity index (χ4v) is 1.08. The van der Waals surface area contributed by atoms with E-state index in [0.717, 1.165) is 18.2 Å². The lowest BCUT2D eigenvalue weighted by Crippen LogP contribution is -2.30. The maximum absolute atomic E-state index is 11.5. The van der Waals surface area contributed by atoms with Gasteiger partial charge in [0.25, 0.3) is 5.91 Å². The fourth-order valence-electron chi connectivity index (χ4n) is 1.08. The predicted molar refractivity (Wildman–Crippen MR) is 72.3 cm³/mol. The van der Waals surface area contributed by atoms with Crippen LogP contribution in [0, 0.1) is 0 Å². The number of rotatable bonds is 9. The van der Waals surface area contributed by atoms with Gasteiger partial charge >= 0.3 is 0 Å². The minimum atomic E-state index is -0.673. The molecule has 0 fully saturated rings. The van der Waals surface area contributed by atoms with Crippen LogP contribution in [-0.4, -0.2) is 54.1 Å². The van der Waals surface area contributed by atoms with Gasteiger partial charge in [-0.1, -0.05) is 13.2 Å². The summed E-state index contributed by atoms with van der Waals surface area (Å²) in [5.41, 5.74) is 0. The number of amides is 3. The molecule has 20 heavy (non-hydrogen) atoms. The van der Waals surface area contributed by atoms with Crippen LogP contribution in [0.4, 0.5) is 0 Å². The standard InChI is InChI=1S/C13H18N2O5/c1-3-11(17)14-12(18)5-6-15(13(19)4-2)7-9-20-10-8-16/h3-6,16H,1-2,7-10H2,(H,14,17,18). The number of aliphatic hydroxyl groups is 1. The summed E-state index contributed by atoms with van der Waals surface area (Å²) in [6.45, 7) is 6.97. The first-order valence-corrected chi connectivity index (χ1v) is 5.82. The zero-order valence-corrected chi connectivity index (χ0v) is 11.1. The van der Waals surface area contributed by atoms with Crippen molar-refractivity contribution in [3.05, 3.63) is 37.6 Å². The Labute approximate surface area is 117 Å². The number of hydrogen-bond donors (Lipinski definition) is 2. The molecule has 2 N–H and O–H groups in total. The second-order valence-corrected chi connectivity index (χ2v) is 3.45. The first-order chi connectivity index (χ1) is 9.54. The summed E-state index contributed by atoms with van der Waals surface area (Å²) in [6.07, 6.45) is 4.30. The molecule has 0 atom stereocenters. The number of aliphatic hydroxyl groups excluding tert-OH is 1. The summed E-state index contributed by atoms with van der Waals surface area (Å²) in [7, 11) is 0. The molecule has 0 aromatic carbocycles. The van der Waals surface area contributed by atoms with Crippen molar-refractivity contribution in [2.75, 3.05) is 26.4 Å². The van der Waals surface area contributed by atoms with E-state index >= 15 is 0 Å². The molecule has 7 nitrogen and oxygen atoms in total. The lowest BCUT2D eigenvalue weighted by atomic mass is 10.4. The van der Waals surface area contributed by atoms with Gasteiger partial charge in [-0.2, -0.15) is 0 Å². The SMILES string of the molecule is C=CC(=O)NC(=O)C=CN(CCOCCO)C(=O)C=C. The summed E-state index contributed by atoms with van der Waals surface area (Å²) in [4.78, 5) is 34.9. The molecule has 7 heteroatoms. The molecule has 0 saturated heterocycles. The van der Waals surface area contributed by atoms with E-state index < -0.39 is 17.7 Å². The van der Waals surface area contributed by atoms with Crippen LogP contribution in [0.5, 0.6) is 0 Å². The first-order valence-electron chi connectivity index (χ1n) is 5.82. The highest BCUT2D eigenvalue weighted by Crippen LogP contribution is 1.94. The topological polar surface area (TPSA) is 95.9 Å². The predicted octanol–water partition coefficient (Wildman–Crippen LogP) is -0.648. The van der Waals surface area contributed by atoms with Gasteiger partial charge in [-0.3, -0.25) is 19.7 Å². The van der Waals surface area contributed by atoms with E-state index in [2.05, 4.69) is 13.2 Å². The monoisotopic (exact) mass is 282 g/mol. The summed E-state index contributed by atoms with van der Waals surface area (Å²) < 4.78 is 5.02. The van der Waals surface area contributed by atoms with E-state index in [9.17, 15) is 14.4 Å². The average Bonchev–Trinajstić information content (AvgIpc) is 2.45. The molecule has 3 amide bonds. The van der Waals surface area contributed by atoms with Crippen LogP contribution in [0.15, 0.2) is 37.6 Å². The highest BCUT2D eigenvalue weighted by atomic mass is 16.5. The Morgan fingerprint density at radius 1 is 1.15 bits per heavy atom. The molecule has 0 aliphatic rings. The van der Waals surface area contributed by atoms with Crippen molar-refractivity contribution >= 4 is 17.7 Å². The van der Waals surface area contributed by atoms with Gasteiger partial charge in [0.05, 0.1) is 19.8 Å². The Balaban J connectivity index is 4.44. The maximum atomic E-state index is 11.5. The molecule has 0 aromatic heterocycles. The van der Waals surface area contributed by atoms with Crippen LogP contribution in [0.3, 0.4) is 0 Å². The number of nitrogens with zero attached hydrogens (tertiary/aromatic N) is 1. The van der Waals surface area contributed by atoms with Crippen molar-refractivity contribution in [2.45, 2.75) is 0 Å². The highest BCUT2D eigenvalue weighted by Gasteiger charge is 2.07. The quantitative estimate of drug-likeness (QED) is 0.433. The number of imide groups is 1. The Hall–Kier alpha value is -2.25. The van der Waals surface area contributed by atoms with Gasteiger partial charge in [0.15, 0.2) is 0 Å². The van der Waals surface area contributed by atoms with Gasteiger partial charge in [0, 0.05) is 18.8 Å². The maximum Gasteiger partial charge on any atom is 0.252 e. The van der Waals surface area contributed by atoms with Crippen LogP contribution in [0.25, 0.3) is 0 Å². The van der Waals surface area contributed by atoms with Crippen molar-refractivity contribution in [3.8, 4) is 0 Å². The third-order valence-corrected chi connectivity index (χ3v) is 2.01. The largest absolute Gasteiger partial charge is 0.394 e. The zero-order valence-electron chi connectivity index (χ0n) is 11.1. The molecule has 0 radical (unpaired) electrons. The third-order valence-electron chi connectivity index (χ3n) is 2.01. The summed E-state index contributed by atoms with van der Waals surface area (Å²) in [6, 6.07) is 0. The number of carbonyl (C=O) groups is 3. The van der Waals surface area contributed by atoms with Crippen molar-refractivity contribution in [1.82, 2.24) is 10.2 Å². The zero-order chi connectivity index (χ0) is 15.4. The van der Waals surface area contributed by atoms with Gasteiger partial charge < -0.3 is 14.7 Å². The van der Waals surface area contributed by atoms with Crippen LogP contribution in [0.1, 0.15) is 0 Å². The molecular weight excluding hydrogens is 264 g/mol. The number of nitrogens with one attached hydrogen (secondary N) is 1. The van der Waals surface area contributed by atoms with Crippen LogP contribution < -0.4 is 5.32 Å². The van der Waals surface area contributed by atoms with Crippen molar-refractivity contribution < 1.29 is 24.2 Å². The fraction of sp³-hybridized carbons (Fsp3) is 0.308. The summed E-state index contributed by atoms with van der Waals surface area (Å²) in [5, 5.41) is 10.5. The average molecular weight is 282 g/mol. The van der Waals surface area contributed by atoms with Gasteiger partial charge in [-0.15, -0.1) is 0 Å². The third kappa shape index (κ3) is 7.96. The van der Waals surface area contributed by atoms with Gasteiger partial charge in [-0.05, 0) is 12.2 Å². The Morgan fingerprint density at radius 2 is 1.85 bits per heavy atom. The minimum Gasteiger partial charge on any atom is -0.394 e. The number of carbonyl (C=O) groups excluding carboxylic acids is 3.